The van der Waals surface area contributed by atoms with E-state index in [0.29, 0.717) is 6.42 Å². The van der Waals surface area contributed by atoms with Crippen LogP contribution in [0.4, 0.5) is 0 Å². The zero-order valence-electron chi connectivity index (χ0n) is 27.6. The maximum Gasteiger partial charge on any atom is 0.328 e. The minimum Gasteiger partial charge on any atom is -0.483 e. The first-order valence-corrected chi connectivity index (χ1v) is 10.6. The molecule has 0 heterocycles. The van der Waals surface area contributed by atoms with Crippen molar-refractivity contribution < 1.29 is 188 Å². The van der Waals surface area contributed by atoms with Crippen LogP contribution in [-0.4, -0.2) is 34.0 Å². The van der Waals surface area contributed by atoms with Crippen molar-refractivity contribution in [3.05, 3.63) is 110 Å². The number of carboxylic acids is 2. The number of carbonyl (C=O) groups is 3. The zero-order valence-corrected chi connectivity index (χ0v) is 43.6. The van der Waals surface area contributed by atoms with Crippen molar-refractivity contribution >= 4 is 41.0 Å². The van der Waals surface area contributed by atoms with Crippen molar-refractivity contribution in [1.82, 2.24) is 0 Å². The number of aliphatic carboxylic acids is 2. The first-order chi connectivity index (χ1) is 16.0. The van der Waals surface area contributed by atoms with Crippen LogP contribution in [0.1, 0.15) is 69.7 Å². The molecule has 10 nitrogen and oxygen atoms in total. The normalized spacial score (nSPS) is 7.35. The van der Waals surface area contributed by atoms with E-state index in [2.05, 4.69) is 92.6 Å². The predicted octanol–water partition coefficient (Wildman–Crippen LogP) is 11.3. The molecule has 0 bridgehead atoms. The number of allylic oxidation sites excluding steroid dienone is 6. The van der Waals surface area contributed by atoms with E-state index in [4.69, 9.17) is 26.8 Å². The van der Waals surface area contributed by atoms with E-state index in [1.807, 2.05) is 0 Å². The Morgan fingerprint density at radius 1 is 0.938 bits per heavy atom. The van der Waals surface area contributed by atoms with Crippen LogP contribution in [0.5, 0.6) is 0 Å². The van der Waals surface area contributed by atoms with Crippen LogP contribution in [0.25, 0.3) is 10.4 Å². The summed E-state index contributed by atoms with van der Waals surface area (Å²) in [6.45, 7) is 15.5. The van der Waals surface area contributed by atoms with Gasteiger partial charge in [0, 0.05) is 175 Å². The molecule has 0 aromatic heterocycles. The molecule has 5 radical (unpaired) electrons. The van der Waals surface area contributed by atoms with Crippen molar-refractivity contribution in [2.24, 2.45) is 5.11 Å². The summed E-state index contributed by atoms with van der Waals surface area (Å²) in [7, 11) is 0. The van der Waals surface area contributed by atoms with Gasteiger partial charge in [-0.15, -0.1) is 36.2 Å². The molecule has 0 saturated heterocycles. The number of nitrogens with one attached hydrogen (secondary N) is 2. The van der Waals surface area contributed by atoms with Crippen molar-refractivity contribution in [3.8, 4) is 12.8 Å². The summed E-state index contributed by atoms with van der Waals surface area (Å²) >= 11 is 6.44. The molecule has 0 spiro atoms. The zero-order chi connectivity index (χ0) is 28.5. The molecular weight excluding hydrogens is 1030 g/mol. The molecule has 0 saturated carbocycles. The largest absolute Gasteiger partial charge is 0.483 e. The Labute approximate surface area is 436 Å². The first kappa shape index (κ1) is 133. The summed E-state index contributed by atoms with van der Waals surface area (Å²) in [6, 6.07) is -0.574. The van der Waals surface area contributed by atoms with Crippen LogP contribution in [0.3, 0.4) is 0 Å². The number of Topliss-reactive ketones (excluding diaryl/α,β-unsaturated/α-hetero) is 1. The molecule has 0 aromatic rings. The van der Waals surface area contributed by atoms with Gasteiger partial charge in [-0.1, -0.05) is 83.3 Å². The number of hydrogen-bond acceptors (Lipinski definition) is 8. The number of carbonyl (C=O) groups excluding carboxylic acids is 1. The maximum absolute atomic E-state index is 10.5. The second-order valence-corrected chi connectivity index (χ2v) is 5.40. The third kappa shape index (κ3) is 156. The van der Waals surface area contributed by atoms with E-state index in [1.165, 1.54) is 36.6 Å². The van der Waals surface area contributed by atoms with Crippen LogP contribution in [-0.2, 0) is 178 Å². The number of hydrogen-bond donors (Lipinski definition) is 6. The van der Waals surface area contributed by atoms with Crippen LogP contribution in [0.15, 0.2) is 53.2 Å². The van der Waals surface area contributed by atoms with Crippen LogP contribution < -0.4 is 0 Å². The van der Waals surface area contributed by atoms with Gasteiger partial charge in [0.25, 0.3) is 5.97 Å². The molecule has 1 atom stereocenters. The fourth-order valence-corrected chi connectivity index (χ4v) is 1.40. The molecule has 1 aliphatic carbocycles. The topological polar surface area (TPSA) is 188 Å². The monoisotopic (exact) mass is 1100 g/mol. The van der Waals surface area contributed by atoms with E-state index in [1.54, 1.807) is 0 Å². The van der Waals surface area contributed by atoms with Gasteiger partial charge in [0.1, 0.15) is 5.78 Å². The van der Waals surface area contributed by atoms with E-state index in [-0.39, 0.29) is 243 Å². The van der Waals surface area contributed by atoms with Gasteiger partial charge in [-0.05, 0) is 32.7 Å². The minimum absolute atomic E-state index is 0. The Hall–Kier alpha value is 2.26. The average Bonchev–Trinajstić information content (AvgIpc) is 3.23. The van der Waals surface area contributed by atoms with E-state index in [9.17, 15) is 14.4 Å². The predicted molar refractivity (Wildman–Crippen MR) is 203 cm³/mol. The molecular formula is C31H66N5O5S2Y5-7. The average molecular weight is 1100 g/mol. The number of thiol groups is 2. The fourth-order valence-electron chi connectivity index (χ4n) is 1.40. The Kier molecular flexibility index (Phi) is 348. The Bertz CT molecular complexity index is 724. The number of ketones is 1. The number of terminal acetylenes is 1. The number of nitrogens with zero attached hydrogens (tertiary/aromatic N) is 3. The van der Waals surface area contributed by atoms with Crippen molar-refractivity contribution in [2.45, 2.75) is 75.8 Å². The molecule has 4 N–H and O–H groups in total. The summed E-state index contributed by atoms with van der Waals surface area (Å²) in [5, 5.41) is 18.8. The van der Waals surface area contributed by atoms with Crippen molar-refractivity contribution in [1.29, 1.82) is 11.1 Å². The van der Waals surface area contributed by atoms with Crippen molar-refractivity contribution in [2.75, 3.05) is 0 Å². The van der Waals surface area contributed by atoms with Crippen LogP contribution in [0, 0.1) is 74.9 Å². The standard InChI is InChI=1S/C7H10.C5H8N3O.C5H6O2.C3H5O2.C2H2.4CH4.5CH3.H2N2.H2S2.5Y/c1-6-3-4-7(2)5-6;1-3-5(4(2)9)7-8-6;1-2-3-4-5(6)7;1-2-3(4)5;1-2;;;;;;;;;;2*1-2;;;;;/h3-4H,5H2,1-2H3;5H,1,3H2,2H3;2-4H,1H2,(H,6,7);1-2H2,(H,4,5);1-2H;4*1H4;5*1H3;2*1-2H;;;;;/q;-1;;-1;;;;;;5*-1;;;;;;;/b;;4-3+;;;;;;;;;;;;;;;;;;. The molecule has 17 heteroatoms. The minimum atomic E-state index is -0.945. The SMILES string of the molecule is C.C.C.C.C#C.C=C/C=C/C(=O)O.CC1=CC=C(C)C1.N=N.SS.[CH2-]CC(=O)O.[CH2-]CC(N=[N+]=[N-])C(C)=O.[CH3-].[CH3-].[CH3-].[CH3-].[CH3-].[Y].[Y].[Y].[Y].[Y]. The van der Waals surface area contributed by atoms with Gasteiger partial charge in [0.2, 0.25) is 0 Å². The molecule has 0 aromatic carbocycles. The summed E-state index contributed by atoms with van der Waals surface area (Å²) in [5.74, 6) is -1.94. The molecule has 279 valence electrons. The van der Waals surface area contributed by atoms with Gasteiger partial charge >= 0.3 is 5.97 Å². The molecule has 1 unspecified atom stereocenters. The molecule has 0 amide bonds. The second kappa shape index (κ2) is 125. The summed E-state index contributed by atoms with van der Waals surface area (Å²) < 4.78 is 0. The Balaban J connectivity index is -0.0000000106. The Morgan fingerprint density at radius 3 is 1.27 bits per heavy atom. The number of carboxylic acid groups (broad SMARTS) is 2. The van der Waals surface area contributed by atoms with E-state index < -0.39 is 18.0 Å². The third-order valence-electron chi connectivity index (χ3n) is 2.73. The fraction of sp³-hybridized carbons (Fsp3) is 0.355. The first-order valence-electron chi connectivity index (χ1n) is 9.03. The smallest absolute Gasteiger partial charge is 0.328 e. The van der Waals surface area contributed by atoms with E-state index >= 15 is 0 Å². The summed E-state index contributed by atoms with van der Waals surface area (Å²) in [6.07, 6.45) is 17.6. The van der Waals surface area contributed by atoms with Gasteiger partial charge in [-0.25, -0.2) is 15.9 Å². The quantitative estimate of drug-likeness (QED) is 0.0177. The molecule has 1 rings (SSSR count). The number of azide groups is 1. The van der Waals surface area contributed by atoms with Gasteiger partial charge in [-0.3, -0.25) is 9.59 Å². The van der Waals surface area contributed by atoms with E-state index in [0.717, 1.165) is 6.08 Å². The van der Waals surface area contributed by atoms with Crippen molar-refractivity contribution in [3.63, 3.8) is 0 Å². The van der Waals surface area contributed by atoms with Crippen LogP contribution in [0.2, 0.25) is 0 Å². The second-order valence-electron chi connectivity index (χ2n) is 5.40. The molecule has 0 fully saturated rings. The summed E-state index contributed by atoms with van der Waals surface area (Å²) in [4.78, 5) is 31.9. The maximum atomic E-state index is 10.5. The Morgan fingerprint density at radius 2 is 1.21 bits per heavy atom. The van der Waals surface area contributed by atoms with Gasteiger partial charge in [0.05, 0.1) is 6.04 Å². The van der Waals surface area contributed by atoms with Gasteiger partial charge in [0.15, 0.2) is 0 Å². The molecule has 48 heavy (non-hydrogen) atoms. The number of rotatable bonds is 6. The van der Waals surface area contributed by atoms with Crippen LogP contribution >= 0.6 is 23.3 Å². The third-order valence-corrected chi connectivity index (χ3v) is 2.73. The van der Waals surface area contributed by atoms with Gasteiger partial charge < -0.3 is 61.2 Å². The summed E-state index contributed by atoms with van der Waals surface area (Å²) in [5.41, 5.74) is 20.9. The van der Waals surface area contributed by atoms with Gasteiger partial charge in [-0.2, -0.15) is 6.42 Å². The molecule has 1 aliphatic rings. The molecule has 0 aliphatic heterocycles.